The minimum absolute atomic E-state index is 0.0518. The number of amides is 1. The van der Waals surface area contributed by atoms with Gasteiger partial charge in [0.2, 0.25) is 5.91 Å². The molecule has 0 radical (unpaired) electrons. The van der Waals surface area contributed by atoms with E-state index >= 15 is 0 Å². The molecule has 96 valence electrons. The van der Waals surface area contributed by atoms with Gasteiger partial charge in [0.15, 0.2) is 0 Å². The normalized spacial score (nSPS) is 9.59. The van der Waals surface area contributed by atoms with E-state index in [-0.39, 0.29) is 11.8 Å². The molecule has 1 aromatic carbocycles. The van der Waals surface area contributed by atoms with E-state index in [1.165, 1.54) is 16.7 Å². The Balaban J connectivity index is 0.00000121. The molecule has 0 bridgehead atoms. The quantitative estimate of drug-likeness (QED) is 0.852. The number of carbonyl (C=O) groups is 1. The Morgan fingerprint density at radius 1 is 1.12 bits per heavy atom. The first-order valence-corrected chi connectivity index (χ1v) is 6.34. The van der Waals surface area contributed by atoms with Crippen molar-refractivity contribution in [2.75, 3.05) is 0 Å². The van der Waals surface area contributed by atoms with Crippen LogP contribution in [0.1, 0.15) is 44.4 Å². The van der Waals surface area contributed by atoms with E-state index in [2.05, 4.69) is 37.4 Å². The predicted octanol–water partition coefficient (Wildman–Crippen LogP) is 3.60. The van der Waals surface area contributed by atoms with E-state index < -0.39 is 0 Å². The lowest BCUT2D eigenvalue weighted by Crippen LogP contribution is -2.27. The van der Waals surface area contributed by atoms with Crippen LogP contribution in [0, 0.1) is 19.8 Å². The topological polar surface area (TPSA) is 29.1 Å². The second kappa shape index (κ2) is 7.88. The van der Waals surface area contributed by atoms with Gasteiger partial charge < -0.3 is 5.32 Å². The maximum Gasteiger partial charge on any atom is 0.222 e. The molecule has 2 nitrogen and oxygen atoms in total. The second-order valence-electron chi connectivity index (χ2n) is 4.37. The molecule has 2 heteroatoms. The molecule has 0 unspecified atom stereocenters. The molecule has 1 rings (SSSR count). The molecule has 0 aliphatic heterocycles. The Labute approximate surface area is 105 Å². The summed E-state index contributed by atoms with van der Waals surface area (Å²) < 4.78 is 0. The fraction of sp³-hybridized carbons (Fsp3) is 0.533. The van der Waals surface area contributed by atoms with Crippen LogP contribution in [0.5, 0.6) is 0 Å². The summed E-state index contributed by atoms with van der Waals surface area (Å²) in [5.41, 5.74) is 3.65. The molecular weight excluding hydrogens is 210 g/mol. The van der Waals surface area contributed by atoms with E-state index in [1.54, 1.807) is 0 Å². The van der Waals surface area contributed by atoms with E-state index in [4.69, 9.17) is 0 Å². The van der Waals surface area contributed by atoms with Crippen LogP contribution in [0.2, 0.25) is 0 Å². The van der Waals surface area contributed by atoms with Crippen molar-refractivity contribution in [1.82, 2.24) is 5.32 Å². The van der Waals surface area contributed by atoms with Crippen molar-refractivity contribution in [3.63, 3.8) is 0 Å². The van der Waals surface area contributed by atoms with Gasteiger partial charge in [-0.15, -0.1) is 0 Å². The van der Waals surface area contributed by atoms with Gasteiger partial charge in [0.1, 0.15) is 0 Å². The summed E-state index contributed by atoms with van der Waals surface area (Å²) in [5.74, 6) is 0.157. The lowest BCUT2D eigenvalue weighted by atomic mass is 10.1. The molecule has 1 N–H and O–H groups in total. The molecule has 0 heterocycles. The summed E-state index contributed by atoms with van der Waals surface area (Å²) in [6.07, 6.45) is 0. The maximum atomic E-state index is 11.4. The maximum absolute atomic E-state index is 11.4. The minimum atomic E-state index is 0.0518. The third-order valence-electron chi connectivity index (χ3n) is 2.27. The Bertz CT molecular complexity index is 336. The van der Waals surface area contributed by atoms with Crippen LogP contribution in [0.3, 0.4) is 0 Å². The average molecular weight is 235 g/mol. The monoisotopic (exact) mass is 235 g/mol. The van der Waals surface area contributed by atoms with Gasteiger partial charge in [0.05, 0.1) is 0 Å². The summed E-state index contributed by atoms with van der Waals surface area (Å²) >= 11 is 0. The number of carbonyl (C=O) groups excluding carboxylic acids is 1. The zero-order chi connectivity index (χ0) is 13.4. The SMILES string of the molecule is CC.Cc1cc(C)cc(CNC(=O)C(C)C)c1. The standard InChI is InChI=1S/C13H19NO.C2H6/c1-9(2)13(15)14-8-12-6-10(3)5-11(4)7-12;1-2/h5-7,9H,8H2,1-4H3,(H,14,15);1-2H3. The van der Waals surface area contributed by atoms with E-state index in [1.807, 2.05) is 27.7 Å². The summed E-state index contributed by atoms with van der Waals surface area (Å²) in [5, 5.41) is 2.91. The molecule has 0 saturated carbocycles. The molecule has 0 aliphatic carbocycles. The Kier molecular flexibility index (Phi) is 7.27. The van der Waals surface area contributed by atoms with E-state index in [9.17, 15) is 4.79 Å². The van der Waals surface area contributed by atoms with Gasteiger partial charge in [-0.3, -0.25) is 4.79 Å². The molecular formula is C15H25NO. The van der Waals surface area contributed by atoms with Crippen molar-refractivity contribution in [2.24, 2.45) is 5.92 Å². The van der Waals surface area contributed by atoms with Crippen molar-refractivity contribution < 1.29 is 4.79 Å². The molecule has 0 aromatic heterocycles. The van der Waals surface area contributed by atoms with Crippen molar-refractivity contribution >= 4 is 5.91 Å². The molecule has 0 spiro atoms. The van der Waals surface area contributed by atoms with Crippen LogP contribution in [0.4, 0.5) is 0 Å². The summed E-state index contributed by atoms with van der Waals surface area (Å²) in [6, 6.07) is 6.34. The molecule has 0 fully saturated rings. The lowest BCUT2D eigenvalue weighted by molar-refractivity contribution is -0.124. The largest absolute Gasteiger partial charge is 0.352 e. The fourth-order valence-electron chi connectivity index (χ4n) is 1.56. The highest BCUT2D eigenvalue weighted by atomic mass is 16.1. The first kappa shape index (κ1) is 15.7. The zero-order valence-electron chi connectivity index (χ0n) is 11.9. The molecule has 0 aliphatic rings. The number of aryl methyl sites for hydroxylation is 2. The highest BCUT2D eigenvalue weighted by Crippen LogP contribution is 2.08. The number of benzene rings is 1. The van der Waals surface area contributed by atoms with Gasteiger partial charge in [0.25, 0.3) is 0 Å². The molecule has 17 heavy (non-hydrogen) atoms. The van der Waals surface area contributed by atoms with Crippen LogP contribution in [0.25, 0.3) is 0 Å². The third kappa shape index (κ3) is 6.10. The highest BCUT2D eigenvalue weighted by molar-refractivity contribution is 5.77. The summed E-state index contributed by atoms with van der Waals surface area (Å²) in [7, 11) is 0. The molecule has 0 saturated heterocycles. The first-order chi connectivity index (χ1) is 7.99. The van der Waals surface area contributed by atoms with Crippen LogP contribution in [0.15, 0.2) is 18.2 Å². The summed E-state index contributed by atoms with van der Waals surface area (Å²) in [6.45, 7) is 12.6. The number of hydrogen-bond acceptors (Lipinski definition) is 1. The van der Waals surface area contributed by atoms with Gasteiger partial charge in [-0.05, 0) is 19.4 Å². The van der Waals surface area contributed by atoms with Gasteiger partial charge >= 0.3 is 0 Å². The Morgan fingerprint density at radius 3 is 2.00 bits per heavy atom. The third-order valence-corrected chi connectivity index (χ3v) is 2.27. The second-order valence-corrected chi connectivity index (χ2v) is 4.37. The number of hydrogen-bond donors (Lipinski definition) is 1. The Hall–Kier alpha value is -1.31. The highest BCUT2D eigenvalue weighted by Gasteiger charge is 2.05. The first-order valence-electron chi connectivity index (χ1n) is 6.34. The van der Waals surface area contributed by atoms with Crippen LogP contribution in [-0.2, 0) is 11.3 Å². The summed E-state index contributed by atoms with van der Waals surface area (Å²) in [4.78, 5) is 11.4. The molecule has 1 aromatic rings. The van der Waals surface area contributed by atoms with E-state index in [0.29, 0.717) is 6.54 Å². The van der Waals surface area contributed by atoms with Crippen molar-refractivity contribution in [1.29, 1.82) is 0 Å². The van der Waals surface area contributed by atoms with E-state index in [0.717, 1.165) is 0 Å². The van der Waals surface area contributed by atoms with Crippen LogP contribution in [-0.4, -0.2) is 5.91 Å². The lowest BCUT2D eigenvalue weighted by Gasteiger charge is -2.09. The minimum Gasteiger partial charge on any atom is -0.352 e. The van der Waals surface area contributed by atoms with Gasteiger partial charge in [-0.25, -0.2) is 0 Å². The van der Waals surface area contributed by atoms with Crippen LogP contribution < -0.4 is 5.32 Å². The molecule has 1 amide bonds. The number of nitrogens with one attached hydrogen (secondary N) is 1. The predicted molar refractivity (Wildman–Crippen MR) is 73.9 cm³/mol. The smallest absolute Gasteiger partial charge is 0.222 e. The van der Waals surface area contributed by atoms with Gasteiger partial charge in [-0.1, -0.05) is 57.0 Å². The van der Waals surface area contributed by atoms with Crippen molar-refractivity contribution in [2.45, 2.75) is 48.1 Å². The van der Waals surface area contributed by atoms with Crippen molar-refractivity contribution in [3.05, 3.63) is 34.9 Å². The van der Waals surface area contributed by atoms with Gasteiger partial charge in [0, 0.05) is 12.5 Å². The number of rotatable bonds is 3. The van der Waals surface area contributed by atoms with Crippen molar-refractivity contribution in [3.8, 4) is 0 Å². The molecule has 0 atom stereocenters. The average Bonchev–Trinajstić information content (AvgIpc) is 2.27. The Morgan fingerprint density at radius 2 is 1.59 bits per heavy atom. The fourth-order valence-corrected chi connectivity index (χ4v) is 1.56. The zero-order valence-corrected chi connectivity index (χ0v) is 11.9. The van der Waals surface area contributed by atoms with Gasteiger partial charge in [-0.2, -0.15) is 0 Å². The van der Waals surface area contributed by atoms with Crippen LogP contribution >= 0.6 is 0 Å².